The van der Waals surface area contributed by atoms with E-state index in [4.69, 9.17) is 19.9 Å². The lowest BCUT2D eigenvalue weighted by Gasteiger charge is -2.18. The van der Waals surface area contributed by atoms with Crippen molar-refractivity contribution in [3.05, 3.63) is 112 Å². The number of fused-ring (bicyclic) bond motifs is 1. The lowest BCUT2D eigenvalue weighted by Crippen LogP contribution is -2.21. The van der Waals surface area contributed by atoms with Crippen molar-refractivity contribution in [2.24, 2.45) is 0 Å². The largest absolute Gasteiger partial charge is 0.514 e. The Bertz CT molecular complexity index is 1750. The Morgan fingerprint density at radius 3 is 2.38 bits per heavy atom. The first-order valence-corrected chi connectivity index (χ1v) is 14.4. The Hall–Kier alpha value is -4.60. The Morgan fingerprint density at radius 2 is 1.67 bits per heavy atom. The molecule has 0 saturated heterocycles. The summed E-state index contributed by atoms with van der Waals surface area (Å²) in [6, 6.07) is 25.5. The van der Waals surface area contributed by atoms with Gasteiger partial charge >= 0.3 is 6.16 Å². The molecule has 0 radical (unpaired) electrons. The number of nitrogens with two attached hydrogens (primary N) is 1. The van der Waals surface area contributed by atoms with E-state index in [1.165, 1.54) is 11.3 Å². The van der Waals surface area contributed by atoms with Gasteiger partial charge in [0, 0.05) is 29.2 Å². The van der Waals surface area contributed by atoms with E-state index in [0.29, 0.717) is 30.7 Å². The van der Waals surface area contributed by atoms with E-state index < -0.39 is 6.16 Å². The molecule has 0 spiro atoms. The second-order valence-electron chi connectivity index (χ2n) is 9.92. The highest BCUT2D eigenvalue weighted by Gasteiger charge is 2.24. The minimum absolute atomic E-state index is 0.0931. The van der Waals surface area contributed by atoms with Crippen LogP contribution < -0.4 is 20.6 Å². The quantitative estimate of drug-likeness (QED) is 0.147. The molecule has 8 nitrogen and oxygen atoms in total. The van der Waals surface area contributed by atoms with Crippen LogP contribution in [0.2, 0.25) is 0 Å². The number of methoxy groups -OCH3 is 1. The molecule has 0 atom stereocenters. The second kappa shape index (κ2) is 12.9. The van der Waals surface area contributed by atoms with Crippen LogP contribution in [0.25, 0.3) is 20.7 Å². The number of anilines is 1. The predicted octanol–water partition coefficient (Wildman–Crippen LogP) is 6.54. The van der Waals surface area contributed by atoms with Crippen molar-refractivity contribution >= 4 is 33.4 Å². The molecule has 2 heterocycles. The number of ether oxygens (including phenoxy) is 3. The molecule has 0 unspecified atom stereocenters. The molecule has 0 fully saturated rings. The smallest absolute Gasteiger partial charge is 0.496 e. The van der Waals surface area contributed by atoms with Gasteiger partial charge in [-0.3, -0.25) is 9.69 Å². The summed E-state index contributed by atoms with van der Waals surface area (Å²) in [5, 5.41) is 0.503. The van der Waals surface area contributed by atoms with Crippen LogP contribution in [0.4, 0.5) is 10.5 Å². The molecule has 9 heteroatoms. The minimum Gasteiger partial charge on any atom is -0.496 e. The normalized spacial score (nSPS) is 11.1. The highest BCUT2D eigenvalue weighted by Crippen LogP contribution is 2.40. The molecule has 0 aliphatic rings. The van der Waals surface area contributed by atoms with Crippen LogP contribution in [0.5, 0.6) is 11.5 Å². The zero-order valence-electron chi connectivity index (χ0n) is 23.8. The number of hydrogen-bond donors (Lipinski definition) is 1. The van der Waals surface area contributed by atoms with Crippen LogP contribution in [0.3, 0.4) is 0 Å². The third-order valence-electron chi connectivity index (χ3n) is 6.86. The van der Waals surface area contributed by atoms with E-state index in [1.807, 2.05) is 78.3 Å². The van der Waals surface area contributed by atoms with Crippen molar-refractivity contribution in [3.8, 4) is 21.9 Å². The monoisotopic (exact) mass is 583 g/mol. The average molecular weight is 584 g/mol. The van der Waals surface area contributed by atoms with Crippen molar-refractivity contribution in [1.82, 2.24) is 9.47 Å². The lowest BCUT2D eigenvalue weighted by atomic mass is 10.0. The summed E-state index contributed by atoms with van der Waals surface area (Å²) in [6.07, 6.45) is 0.656. The van der Waals surface area contributed by atoms with Gasteiger partial charge in [-0.05, 0) is 48.9 Å². The molecule has 0 aliphatic heterocycles. The molecular weight excluding hydrogens is 550 g/mol. The Labute approximate surface area is 248 Å². The van der Waals surface area contributed by atoms with Gasteiger partial charge in [0.1, 0.15) is 10.6 Å². The highest BCUT2D eigenvalue weighted by molar-refractivity contribution is 7.22. The maximum atomic E-state index is 14.1. The Balaban J connectivity index is 1.71. The van der Waals surface area contributed by atoms with Gasteiger partial charge in [-0.15, -0.1) is 11.3 Å². The topological polar surface area (TPSA) is 96.0 Å². The van der Waals surface area contributed by atoms with Crippen LogP contribution in [-0.4, -0.2) is 36.4 Å². The molecular formula is C33H33N3O5S. The van der Waals surface area contributed by atoms with E-state index >= 15 is 0 Å². The first-order chi connectivity index (χ1) is 20.4. The number of para-hydroxylation sites is 1. The third-order valence-corrected chi connectivity index (χ3v) is 8.18. The summed E-state index contributed by atoms with van der Waals surface area (Å²) in [4.78, 5) is 30.3. The number of hydrogen-bond acceptors (Lipinski definition) is 8. The van der Waals surface area contributed by atoms with Gasteiger partial charge in [-0.25, -0.2) is 4.79 Å². The van der Waals surface area contributed by atoms with E-state index in [2.05, 4.69) is 17.0 Å². The zero-order valence-corrected chi connectivity index (χ0v) is 24.6. The molecule has 0 aliphatic carbocycles. The Morgan fingerprint density at radius 1 is 0.952 bits per heavy atom. The second-order valence-corrected chi connectivity index (χ2v) is 10.9. The van der Waals surface area contributed by atoms with Crippen LogP contribution in [0.1, 0.15) is 23.6 Å². The fourth-order valence-electron chi connectivity index (χ4n) is 4.95. The number of carbonyl (C=O) groups is 1. The molecule has 2 N–H and O–H groups in total. The summed E-state index contributed by atoms with van der Waals surface area (Å²) >= 11 is 1.53. The summed E-state index contributed by atoms with van der Waals surface area (Å²) in [5.74, 6) is 0.625. The fourth-order valence-corrected chi connectivity index (χ4v) is 6.24. The fraction of sp³-hybridized carbons (Fsp3) is 0.212. The maximum absolute atomic E-state index is 14.1. The SMILES string of the molecule is CCOC(=O)Oc1cn(Cc2ccccc2OC)c2sc(-c3ccc(N)cc3)c(CN(C)Cc3ccccc3)c2c1=O. The average Bonchev–Trinajstić information content (AvgIpc) is 3.36. The summed E-state index contributed by atoms with van der Waals surface area (Å²) in [7, 11) is 3.65. The molecule has 5 rings (SSSR count). The number of nitrogen functional groups attached to an aromatic ring is 1. The predicted molar refractivity (Wildman–Crippen MR) is 167 cm³/mol. The standard InChI is InChI=1S/C33H33N3O5S/c1-4-40-33(38)41-28-21-36(19-24-12-8-9-13-27(24)39-3)32-29(30(28)37)26(20-35(2)18-22-10-6-5-7-11-22)31(42-32)23-14-16-25(34)17-15-23/h5-17,21H,4,18-20,34H2,1-3H3. The number of nitrogens with zero attached hydrogens (tertiary/aromatic N) is 2. The Kier molecular flexibility index (Phi) is 8.90. The van der Waals surface area contributed by atoms with E-state index in [0.717, 1.165) is 37.7 Å². The van der Waals surface area contributed by atoms with Crippen LogP contribution >= 0.6 is 11.3 Å². The van der Waals surface area contributed by atoms with E-state index in [1.54, 1.807) is 20.2 Å². The van der Waals surface area contributed by atoms with E-state index in [9.17, 15) is 9.59 Å². The van der Waals surface area contributed by atoms with Crippen LogP contribution in [0, 0.1) is 0 Å². The molecule has 3 aromatic carbocycles. The first kappa shape index (κ1) is 28.9. The zero-order chi connectivity index (χ0) is 29.6. The molecule has 0 bridgehead atoms. The lowest BCUT2D eigenvalue weighted by molar-refractivity contribution is 0.104. The summed E-state index contributed by atoms with van der Waals surface area (Å²) < 4.78 is 18.0. The third kappa shape index (κ3) is 6.32. The number of aromatic nitrogens is 1. The maximum Gasteiger partial charge on any atom is 0.514 e. The van der Waals surface area contributed by atoms with Crippen molar-refractivity contribution in [2.75, 3.05) is 26.5 Å². The highest BCUT2D eigenvalue weighted by atomic mass is 32.1. The molecule has 2 aromatic heterocycles. The van der Waals surface area contributed by atoms with Crippen LogP contribution in [0.15, 0.2) is 89.9 Å². The molecule has 5 aromatic rings. The molecule has 0 amide bonds. The number of thiophene rings is 1. The van der Waals surface area contributed by atoms with Crippen molar-refractivity contribution in [3.63, 3.8) is 0 Å². The van der Waals surface area contributed by atoms with Crippen molar-refractivity contribution in [1.29, 1.82) is 0 Å². The van der Waals surface area contributed by atoms with Gasteiger partial charge in [0.25, 0.3) is 0 Å². The first-order valence-electron chi connectivity index (χ1n) is 13.6. The summed E-state index contributed by atoms with van der Waals surface area (Å²) in [6.45, 7) is 3.38. The van der Waals surface area contributed by atoms with Crippen molar-refractivity contribution < 1.29 is 19.0 Å². The number of carbonyl (C=O) groups excluding carboxylic acids is 1. The van der Waals surface area contributed by atoms with E-state index in [-0.39, 0.29) is 17.8 Å². The number of rotatable bonds is 10. The van der Waals surface area contributed by atoms with Gasteiger partial charge in [0.15, 0.2) is 5.75 Å². The number of pyridine rings is 1. The van der Waals surface area contributed by atoms with Crippen LogP contribution in [-0.2, 0) is 24.4 Å². The molecule has 42 heavy (non-hydrogen) atoms. The van der Waals surface area contributed by atoms with Gasteiger partial charge in [0.05, 0.1) is 31.8 Å². The number of benzene rings is 3. The minimum atomic E-state index is -0.922. The van der Waals surface area contributed by atoms with Gasteiger partial charge < -0.3 is 24.5 Å². The van der Waals surface area contributed by atoms with Gasteiger partial charge in [-0.2, -0.15) is 0 Å². The molecule has 0 saturated carbocycles. The van der Waals surface area contributed by atoms with Crippen molar-refractivity contribution in [2.45, 2.75) is 26.6 Å². The van der Waals surface area contributed by atoms with Gasteiger partial charge in [-0.1, -0.05) is 60.7 Å². The summed E-state index contributed by atoms with van der Waals surface area (Å²) in [5.41, 5.74) is 10.2. The molecule has 216 valence electrons. The van der Waals surface area contributed by atoms with Gasteiger partial charge in [0.2, 0.25) is 5.43 Å².